The number of hydrogen-bond donors (Lipinski definition) is 1. The Morgan fingerprint density at radius 1 is 1.00 bits per heavy atom. The lowest BCUT2D eigenvalue weighted by Gasteiger charge is -2.29. The van der Waals surface area contributed by atoms with E-state index in [-0.39, 0.29) is 33.5 Å². The average molecular weight is 688 g/mol. The highest BCUT2D eigenvalue weighted by atomic mass is 35.5. The Bertz CT molecular complexity index is 1630. The van der Waals surface area contributed by atoms with Gasteiger partial charge in [0.1, 0.15) is 18.6 Å². The summed E-state index contributed by atoms with van der Waals surface area (Å²) < 4.78 is 27.6. The van der Waals surface area contributed by atoms with E-state index in [0.29, 0.717) is 0 Å². The maximum atomic E-state index is 13.5. The fourth-order valence-corrected chi connectivity index (χ4v) is 5.22. The van der Waals surface area contributed by atoms with Crippen molar-refractivity contribution in [3.05, 3.63) is 87.7 Å². The predicted molar refractivity (Wildman–Crippen MR) is 168 cm³/mol. The van der Waals surface area contributed by atoms with E-state index in [9.17, 15) is 24.0 Å². The van der Waals surface area contributed by atoms with E-state index < -0.39 is 72.2 Å². The van der Waals surface area contributed by atoms with Crippen molar-refractivity contribution in [2.24, 2.45) is 11.8 Å². The molecule has 0 saturated carbocycles. The molecule has 0 unspecified atom stereocenters. The van der Waals surface area contributed by atoms with Crippen molar-refractivity contribution in [1.82, 2.24) is 10.3 Å². The minimum Gasteiger partial charge on any atom is -0.493 e. The summed E-state index contributed by atoms with van der Waals surface area (Å²) in [6.07, 6.45) is -0.972. The van der Waals surface area contributed by atoms with Gasteiger partial charge in [-0.2, -0.15) is 0 Å². The Balaban J connectivity index is 1.61. The van der Waals surface area contributed by atoms with Crippen LogP contribution in [0.3, 0.4) is 0 Å². The van der Waals surface area contributed by atoms with Crippen molar-refractivity contribution >= 4 is 53.0 Å². The van der Waals surface area contributed by atoms with Crippen LogP contribution >= 0.6 is 23.2 Å². The molecule has 1 saturated heterocycles. The summed E-state index contributed by atoms with van der Waals surface area (Å²) in [6.45, 7) is 4.12. The van der Waals surface area contributed by atoms with Gasteiger partial charge < -0.3 is 29.0 Å². The highest BCUT2D eigenvalue weighted by molar-refractivity contribution is 6.39. The van der Waals surface area contributed by atoms with E-state index in [1.807, 2.05) is 6.07 Å². The predicted octanol–water partition coefficient (Wildman–Crippen LogP) is 4.63. The van der Waals surface area contributed by atoms with Crippen LogP contribution in [0.2, 0.25) is 10.0 Å². The van der Waals surface area contributed by atoms with Crippen LogP contribution in [0.4, 0.5) is 0 Å². The number of cyclic esters (lactones) is 2. The molecule has 3 aromatic rings. The molecule has 12 nitrogen and oxygen atoms in total. The highest BCUT2D eigenvalue weighted by Gasteiger charge is 2.42. The van der Waals surface area contributed by atoms with Crippen LogP contribution in [-0.2, 0) is 35.0 Å². The zero-order chi connectivity index (χ0) is 34.2. The summed E-state index contributed by atoms with van der Waals surface area (Å²) >= 11 is 12.3. The second-order valence-corrected chi connectivity index (χ2v) is 11.6. The summed E-state index contributed by atoms with van der Waals surface area (Å²) in [5, 5.41) is 2.43. The molecule has 4 atom stereocenters. The average Bonchev–Trinajstić information content (AvgIpc) is 3.07. The van der Waals surface area contributed by atoms with Gasteiger partial charge in [0, 0.05) is 12.3 Å². The number of halogens is 2. The third-order valence-electron chi connectivity index (χ3n) is 7.13. The van der Waals surface area contributed by atoms with Gasteiger partial charge in [-0.15, -0.1) is 0 Å². The molecule has 0 bridgehead atoms. The largest absolute Gasteiger partial charge is 0.493 e. The molecular formula is C33H32Cl2N2O10. The molecule has 14 heteroatoms. The zero-order valence-corrected chi connectivity index (χ0v) is 27.4. The van der Waals surface area contributed by atoms with Crippen molar-refractivity contribution in [1.29, 1.82) is 0 Å². The number of pyridine rings is 1. The molecule has 0 aliphatic carbocycles. The second kappa shape index (κ2) is 15.7. The Morgan fingerprint density at radius 3 is 2.32 bits per heavy atom. The number of methoxy groups -OCH3 is 1. The normalized spacial score (nSPS) is 19.7. The van der Waals surface area contributed by atoms with Crippen LogP contribution in [0.1, 0.15) is 47.2 Å². The lowest BCUT2D eigenvalue weighted by Crippen LogP contribution is -2.47. The minimum absolute atomic E-state index is 0.00331. The van der Waals surface area contributed by atoms with E-state index >= 15 is 0 Å². The molecule has 1 aliphatic heterocycles. The lowest BCUT2D eigenvalue weighted by atomic mass is 9.91. The summed E-state index contributed by atoms with van der Waals surface area (Å²) in [4.78, 5) is 70.1. The molecule has 0 radical (unpaired) electrons. The van der Waals surface area contributed by atoms with Crippen LogP contribution in [0, 0.1) is 11.8 Å². The van der Waals surface area contributed by atoms with Crippen LogP contribution in [0.25, 0.3) is 0 Å². The molecule has 1 aliphatic rings. The van der Waals surface area contributed by atoms with E-state index in [0.717, 1.165) is 5.56 Å². The SMILES string of the molecule is COc1ccnc(C(=O)N[C@H]2COC(=O)[C@H](Cc3ccccc3)[C@@H](OC(=O)C(C)C)[C@H](C)OC2=O)c1OC(=O)c1c(Cl)cccc1Cl. The summed E-state index contributed by atoms with van der Waals surface area (Å²) in [6, 6.07) is 13.2. The fraction of sp³-hybridized carbons (Fsp3) is 0.333. The number of nitrogens with one attached hydrogen (secondary N) is 1. The molecule has 2 heterocycles. The summed E-state index contributed by atoms with van der Waals surface area (Å²) in [5.41, 5.74) is 0.150. The molecule has 47 heavy (non-hydrogen) atoms. The number of esters is 4. The van der Waals surface area contributed by atoms with Gasteiger partial charge in [-0.05, 0) is 31.0 Å². The molecule has 248 valence electrons. The first-order chi connectivity index (χ1) is 22.4. The Labute approximate surface area is 280 Å². The number of ether oxygens (including phenoxy) is 5. The number of carbonyl (C=O) groups is 5. The van der Waals surface area contributed by atoms with E-state index in [4.69, 9.17) is 46.9 Å². The van der Waals surface area contributed by atoms with Crippen LogP contribution in [-0.4, -0.2) is 66.7 Å². The zero-order valence-electron chi connectivity index (χ0n) is 25.9. The minimum atomic E-state index is -1.53. The van der Waals surface area contributed by atoms with Gasteiger partial charge in [0.05, 0.1) is 28.6 Å². The number of aromatic nitrogens is 1. The van der Waals surface area contributed by atoms with Gasteiger partial charge in [0.2, 0.25) is 5.75 Å². The topological polar surface area (TPSA) is 156 Å². The van der Waals surface area contributed by atoms with Gasteiger partial charge in [-0.25, -0.2) is 14.6 Å². The van der Waals surface area contributed by atoms with Crippen LogP contribution in [0.15, 0.2) is 60.8 Å². The molecule has 0 spiro atoms. The first kappa shape index (κ1) is 35.2. The number of nitrogens with zero attached hydrogens (tertiary/aromatic N) is 1. The van der Waals surface area contributed by atoms with Gasteiger partial charge >= 0.3 is 23.9 Å². The van der Waals surface area contributed by atoms with Crippen LogP contribution < -0.4 is 14.8 Å². The van der Waals surface area contributed by atoms with Crippen molar-refractivity contribution in [3.8, 4) is 11.5 Å². The third-order valence-corrected chi connectivity index (χ3v) is 7.76. The van der Waals surface area contributed by atoms with Crippen molar-refractivity contribution < 1.29 is 47.7 Å². The quantitative estimate of drug-likeness (QED) is 0.247. The van der Waals surface area contributed by atoms with Crippen molar-refractivity contribution in [3.63, 3.8) is 0 Å². The number of hydrogen-bond acceptors (Lipinski definition) is 11. The monoisotopic (exact) mass is 686 g/mol. The van der Waals surface area contributed by atoms with Gasteiger partial charge in [0.25, 0.3) is 5.91 Å². The van der Waals surface area contributed by atoms with Gasteiger partial charge in [-0.1, -0.05) is 73.4 Å². The molecule has 1 fully saturated rings. The number of amides is 1. The van der Waals surface area contributed by atoms with Crippen LogP contribution in [0.5, 0.6) is 11.5 Å². The first-order valence-electron chi connectivity index (χ1n) is 14.5. The molecular weight excluding hydrogens is 655 g/mol. The van der Waals surface area contributed by atoms with Gasteiger partial charge in [0.15, 0.2) is 23.6 Å². The Kier molecular flexibility index (Phi) is 11.8. The smallest absolute Gasteiger partial charge is 0.346 e. The maximum absolute atomic E-state index is 13.5. The third kappa shape index (κ3) is 8.57. The van der Waals surface area contributed by atoms with E-state index in [2.05, 4.69) is 10.3 Å². The summed E-state index contributed by atoms with van der Waals surface area (Å²) in [7, 11) is 1.28. The molecule has 1 N–H and O–H groups in total. The maximum Gasteiger partial charge on any atom is 0.346 e. The lowest BCUT2D eigenvalue weighted by molar-refractivity contribution is -0.176. The summed E-state index contributed by atoms with van der Waals surface area (Å²) in [5.74, 6) is -6.35. The number of benzene rings is 2. The van der Waals surface area contributed by atoms with Crippen molar-refractivity contribution in [2.75, 3.05) is 13.7 Å². The Morgan fingerprint density at radius 2 is 1.68 bits per heavy atom. The van der Waals surface area contributed by atoms with Crippen molar-refractivity contribution in [2.45, 2.75) is 45.4 Å². The molecule has 4 rings (SSSR count). The fourth-order valence-electron chi connectivity index (χ4n) is 4.67. The van der Waals surface area contributed by atoms with E-state index in [1.54, 1.807) is 38.1 Å². The molecule has 1 aromatic heterocycles. The highest BCUT2D eigenvalue weighted by Crippen LogP contribution is 2.33. The first-order valence-corrected chi connectivity index (χ1v) is 15.3. The number of carbonyl (C=O) groups excluding carboxylic acids is 5. The Hall–Kier alpha value is -4.68. The van der Waals surface area contributed by atoms with E-state index in [1.165, 1.54) is 44.5 Å². The molecule has 2 aromatic carbocycles. The molecule has 1 amide bonds. The standard InChI is InChI=1S/C33H32Cl2N2O10/c1-17(2)30(39)46-27-18(3)45-32(41)23(16-44-31(40)20(27)15-19-9-6-5-7-10-19)37-29(38)26-28(24(43-4)13-14-36-26)47-33(42)25-21(34)11-8-12-22(25)35/h5-14,17-18,20,23,27H,15-16H2,1-4H3,(H,37,38)/t18-,20+,23-,27-/m0/s1. The van der Waals surface area contributed by atoms with Gasteiger partial charge in [-0.3, -0.25) is 14.4 Å². The second-order valence-electron chi connectivity index (χ2n) is 10.8. The number of rotatable bonds is 9.